The van der Waals surface area contributed by atoms with Gasteiger partial charge in [-0.25, -0.2) is 0 Å². The van der Waals surface area contributed by atoms with E-state index in [4.69, 9.17) is 23.2 Å². The van der Waals surface area contributed by atoms with Crippen LogP contribution in [0, 0.1) is 0 Å². The van der Waals surface area contributed by atoms with Gasteiger partial charge in [-0.05, 0) is 30.5 Å². The van der Waals surface area contributed by atoms with E-state index >= 15 is 0 Å². The molecule has 1 aromatic carbocycles. The van der Waals surface area contributed by atoms with Crippen molar-refractivity contribution in [3.8, 4) is 0 Å². The number of hydrogen-bond acceptors (Lipinski definition) is 2. The summed E-state index contributed by atoms with van der Waals surface area (Å²) in [6.07, 6.45) is 2.78. The first kappa shape index (κ1) is 15.1. The average Bonchev–Trinajstić information content (AvgIpc) is 2.29. The minimum absolute atomic E-state index is 0.157. The molecule has 0 saturated heterocycles. The maximum absolute atomic E-state index is 10.5. The van der Waals surface area contributed by atoms with Crippen LogP contribution in [-0.2, 0) is 5.41 Å². The molecule has 1 aliphatic rings. The lowest BCUT2D eigenvalue weighted by molar-refractivity contribution is 0.0274. The molecule has 0 bridgehead atoms. The maximum atomic E-state index is 10.5. The quantitative estimate of drug-likeness (QED) is 0.867. The van der Waals surface area contributed by atoms with E-state index in [1.807, 2.05) is 18.2 Å². The van der Waals surface area contributed by atoms with Crippen LogP contribution < -0.4 is 5.32 Å². The molecule has 2 nitrogen and oxygen atoms in total. The normalized spacial score (nSPS) is 19.3. The molecule has 0 aliphatic heterocycles. The molecule has 1 fully saturated rings. The van der Waals surface area contributed by atoms with Gasteiger partial charge in [0.25, 0.3) is 0 Å². The van der Waals surface area contributed by atoms with Crippen molar-refractivity contribution < 1.29 is 5.11 Å². The molecule has 2 rings (SSSR count). The SMILES string of the molecule is CC(C)NCC(O)C1(c2ccc(Cl)c(Cl)c2)CCC1. The number of halogens is 2. The summed E-state index contributed by atoms with van der Waals surface area (Å²) in [6.45, 7) is 4.77. The van der Waals surface area contributed by atoms with Crippen LogP contribution >= 0.6 is 23.2 Å². The Hall–Kier alpha value is -0.280. The third-order valence-corrected chi connectivity index (χ3v) is 4.84. The molecule has 1 atom stereocenters. The molecule has 1 aromatic rings. The van der Waals surface area contributed by atoms with Crippen LogP contribution in [-0.4, -0.2) is 23.8 Å². The van der Waals surface area contributed by atoms with E-state index < -0.39 is 0 Å². The molecule has 0 radical (unpaired) electrons. The zero-order valence-corrected chi connectivity index (χ0v) is 12.9. The lowest BCUT2D eigenvalue weighted by atomic mass is 9.61. The highest BCUT2D eigenvalue weighted by molar-refractivity contribution is 6.42. The van der Waals surface area contributed by atoms with E-state index in [0.29, 0.717) is 22.6 Å². The van der Waals surface area contributed by atoms with Crippen molar-refractivity contribution in [1.29, 1.82) is 0 Å². The van der Waals surface area contributed by atoms with Crippen LogP contribution in [0.5, 0.6) is 0 Å². The zero-order valence-electron chi connectivity index (χ0n) is 11.4. The number of benzene rings is 1. The fourth-order valence-corrected chi connectivity index (χ4v) is 3.02. The van der Waals surface area contributed by atoms with Gasteiger partial charge in [0, 0.05) is 18.0 Å². The van der Waals surface area contributed by atoms with Crippen molar-refractivity contribution >= 4 is 23.2 Å². The highest BCUT2D eigenvalue weighted by Crippen LogP contribution is 2.47. The van der Waals surface area contributed by atoms with Gasteiger partial charge in [0.15, 0.2) is 0 Å². The predicted octanol–water partition coefficient (Wildman–Crippen LogP) is 3.77. The van der Waals surface area contributed by atoms with Crippen molar-refractivity contribution in [2.45, 2.75) is 50.7 Å². The van der Waals surface area contributed by atoms with Crippen LogP contribution in [0.1, 0.15) is 38.7 Å². The molecule has 4 heteroatoms. The van der Waals surface area contributed by atoms with Gasteiger partial charge in [-0.15, -0.1) is 0 Å². The van der Waals surface area contributed by atoms with Crippen molar-refractivity contribution in [1.82, 2.24) is 5.32 Å². The summed E-state index contributed by atoms with van der Waals surface area (Å²) in [6, 6.07) is 6.09. The Labute approximate surface area is 125 Å². The molecule has 2 N–H and O–H groups in total. The van der Waals surface area contributed by atoms with E-state index in [0.717, 1.165) is 24.8 Å². The Morgan fingerprint density at radius 2 is 1.95 bits per heavy atom. The van der Waals surface area contributed by atoms with E-state index in [-0.39, 0.29) is 11.5 Å². The first-order valence-electron chi connectivity index (χ1n) is 6.83. The minimum atomic E-state index is -0.388. The van der Waals surface area contributed by atoms with Crippen LogP contribution in [0.2, 0.25) is 10.0 Å². The molecule has 0 heterocycles. The molecular formula is C15H21Cl2NO. The second-order valence-corrected chi connectivity index (χ2v) is 6.53. The Bertz CT molecular complexity index is 444. The van der Waals surface area contributed by atoms with Gasteiger partial charge < -0.3 is 10.4 Å². The van der Waals surface area contributed by atoms with Crippen molar-refractivity contribution in [3.63, 3.8) is 0 Å². The largest absolute Gasteiger partial charge is 0.391 e. The highest BCUT2D eigenvalue weighted by Gasteiger charge is 2.44. The van der Waals surface area contributed by atoms with E-state index in [9.17, 15) is 5.11 Å². The first-order chi connectivity index (χ1) is 8.95. The Morgan fingerprint density at radius 3 is 2.42 bits per heavy atom. The summed E-state index contributed by atoms with van der Waals surface area (Å²) in [5.74, 6) is 0. The fraction of sp³-hybridized carbons (Fsp3) is 0.600. The minimum Gasteiger partial charge on any atom is -0.391 e. The Balaban J connectivity index is 2.19. The van der Waals surface area contributed by atoms with Crippen molar-refractivity contribution in [3.05, 3.63) is 33.8 Å². The molecule has 1 saturated carbocycles. The van der Waals surface area contributed by atoms with E-state index in [1.165, 1.54) is 0 Å². The van der Waals surface area contributed by atoms with E-state index in [1.54, 1.807) is 0 Å². The lowest BCUT2D eigenvalue weighted by Crippen LogP contribution is -2.50. The molecule has 106 valence electrons. The van der Waals surface area contributed by atoms with Crippen LogP contribution in [0.4, 0.5) is 0 Å². The van der Waals surface area contributed by atoms with Gasteiger partial charge in [-0.3, -0.25) is 0 Å². The summed E-state index contributed by atoms with van der Waals surface area (Å²) in [4.78, 5) is 0. The standard InChI is InChI=1S/C15H21Cl2NO/c1-10(2)18-9-14(19)15(6-3-7-15)11-4-5-12(16)13(17)8-11/h4-5,8,10,14,18-19H,3,6-7,9H2,1-2H3. The summed E-state index contributed by atoms with van der Waals surface area (Å²) in [7, 11) is 0. The second kappa shape index (κ2) is 6.01. The molecule has 0 aromatic heterocycles. The second-order valence-electron chi connectivity index (χ2n) is 5.72. The van der Waals surface area contributed by atoms with Gasteiger partial charge >= 0.3 is 0 Å². The first-order valence-corrected chi connectivity index (χ1v) is 7.58. The number of nitrogens with one attached hydrogen (secondary N) is 1. The maximum Gasteiger partial charge on any atom is 0.0761 e. The lowest BCUT2D eigenvalue weighted by Gasteiger charge is -2.46. The topological polar surface area (TPSA) is 32.3 Å². The zero-order chi connectivity index (χ0) is 14.0. The van der Waals surface area contributed by atoms with Crippen molar-refractivity contribution in [2.75, 3.05) is 6.54 Å². The molecule has 19 heavy (non-hydrogen) atoms. The predicted molar refractivity (Wildman–Crippen MR) is 81.1 cm³/mol. The molecule has 1 aliphatic carbocycles. The number of rotatable bonds is 5. The summed E-state index contributed by atoms with van der Waals surface area (Å²) in [5.41, 5.74) is 0.946. The third-order valence-electron chi connectivity index (χ3n) is 4.10. The Morgan fingerprint density at radius 1 is 1.26 bits per heavy atom. The number of aliphatic hydroxyl groups is 1. The Kier molecular flexibility index (Phi) is 4.78. The summed E-state index contributed by atoms with van der Waals surface area (Å²) in [5, 5.41) is 15.0. The van der Waals surface area contributed by atoms with Crippen LogP contribution in [0.25, 0.3) is 0 Å². The smallest absolute Gasteiger partial charge is 0.0761 e. The van der Waals surface area contributed by atoms with Crippen LogP contribution in [0.3, 0.4) is 0 Å². The molecule has 0 amide bonds. The van der Waals surface area contributed by atoms with Gasteiger partial charge in [0.2, 0.25) is 0 Å². The highest BCUT2D eigenvalue weighted by atomic mass is 35.5. The molecule has 0 spiro atoms. The van der Waals surface area contributed by atoms with Gasteiger partial charge in [-0.1, -0.05) is 49.5 Å². The van der Waals surface area contributed by atoms with Crippen molar-refractivity contribution in [2.24, 2.45) is 0 Å². The summed E-state index contributed by atoms with van der Waals surface area (Å²) >= 11 is 12.1. The van der Waals surface area contributed by atoms with Gasteiger partial charge in [0.05, 0.1) is 16.1 Å². The van der Waals surface area contributed by atoms with Gasteiger partial charge in [-0.2, -0.15) is 0 Å². The third kappa shape index (κ3) is 3.08. The molecular weight excluding hydrogens is 281 g/mol. The molecule has 1 unspecified atom stereocenters. The number of aliphatic hydroxyl groups excluding tert-OH is 1. The van der Waals surface area contributed by atoms with Gasteiger partial charge in [0.1, 0.15) is 0 Å². The average molecular weight is 302 g/mol. The van der Waals surface area contributed by atoms with Crippen LogP contribution in [0.15, 0.2) is 18.2 Å². The van der Waals surface area contributed by atoms with E-state index in [2.05, 4.69) is 19.2 Å². The monoisotopic (exact) mass is 301 g/mol. The number of hydrogen-bond donors (Lipinski definition) is 2. The fourth-order valence-electron chi connectivity index (χ4n) is 2.72. The summed E-state index contributed by atoms with van der Waals surface area (Å²) < 4.78 is 0.